The first-order chi connectivity index (χ1) is 22.3. The van der Waals surface area contributed by atoms with Crippen LogP contribution in [0.15, 0.2) is 162 Å². The highest BCUT2D eigenvalue weighted by Gasteiger charge is 2.19. The average molecular weight is 571 g/mol. The molecular weight excluding hydrogens is 544 g/mol. The molecule has 45 heavy (non-hydrogen) atoms. The Labute approximate surface area is 259 Å². The molecule has 1 aromatic heterocycles. The van der Waals surface area contributed by atoms with Crippen LogP contribution in [0.2, 0.25) is 0 Å². The minimum Gasteiger partial charge on any atom is -0.455 e. The van der Waals surface area contributed by atoms with Crippen LogP contribution in [0.1, 0.15) is 0 Å². The number of benzene rings is 9. The molecule has 0 spiro atoms. The third kappa shape index (κ3) is 3.50. The SMILES string of the molecule is c1ccc(-c2cccc3c2oc2cccc(-c4ccc5ccc6c(-c7cccc8ccccc78)ccc7ccc4c5c76)c23)cc1. The number of hydrogen-bond acceptors (Lipinski definition) is 1. The van der Waals surface area contributed by atoms with Crippen LogP contribution in [-0.4, -0.2) is 0 Å². The monoisotopic (exact) mass is 570 g/mol. The summed E-state index contributed by atoms with van der Waals surface area (Å²) in [5.41, 5.74) is 9.10. The van der Waals surface area contributed by atoms with Crippen molar-refractivity contribution in [2.75, 3.05) is 0 Å². The van der Waals surface area contributed by atoms with Gasteiger partial charge in [-0.25, -0.2) is 0 Å². The Morgan fingerprint density at radius 2 is 0.844 bits per heavy atom. The van der Waals surface area contributed by atoms with Crippen LogP contribution in [0.3, 0.4) is 0 Å². The predicted octanol–water partition coefficient (Wildman–Crippen LogP) is 12.6. The molecule has 0 radical (unpaired) electrons. The minimum absolute atomic E-state index is 0.912. The second kappa shape index (κ2) is 9.29. The van der Waals surface area contributed by atoms with Gasteiger partial charge < -0.3 is 4.42 Å². The molecule has 10 rings (SSSR count). The third-order valence-corrected chi connectivity index (χ3v) is 9.64. The normalized spacial score (nSPS) is 12.0. The Bertz CT molecular complexity index is 2740. The Hall–Kier alpha value is -5.92. The van der Waals surface area contributed by atoms with E-state index >= 15 is 0 Å². The molecule has 9 aromatic carbocycles. The van der Waals surface area contributed by atoms with Crippen molar-refractivity contribution in [3.05, 3.63) is 158 Å². The van der Waals surface area contributed by atoms with E-state index in [4.69, 9.17) is 4.42 Å². The average Bonchev–Trinajstić information content (AvgIpc) is 3.50. The van der Waals surface area contributed by atoms with Crippen LogP contribution in [0.5, 0.6) is 0 Å². The lowest BCUT2D eigenvalue weighted by atomic mass is 9.86. The number of furan rings is 1. The molecule has 0 aliphatic rings. The first-order valence-electron chi connectivity index (χ1n) is 15.5. The molecule has 1 heterocycles. The maximum absolute atomic E-state index is 6.63. The maximum Gasteiger partial charge on any atom is 0.143 e. The topological polar surface area (TPSA) is 13.1 Å². The van der Waals surface area contributed by atoms with E-state index in [1.807, 2.05) is 0 Å². The summed E-state index contributed by atoms with van der Waals surface area (Å²) in [6.45, 7) is 0. The molecule has 0 saturated carbocycles. The molecule has 0 N–H and O–H groups in total. The Morgan fingerprint density at radius 1 is 0.289 bits per heavy atom. The number of fused-ring (bicyclic) bond motifs is 4. The minimum atomic E-state index is 0.912. The second-order valence-corrected chi connectivity index (χ2v) is 12.0. The van der Waals surface area contributed by atoms with E-state index in [1.54, 1.807) is 0 Å². The molecule has 0 fully saturated rings. The summed E-state index contributed by atoms with van der Waals surface area (Å²) >= 11 is 0. The number of para-hydroxylation sites is 1. The van der Waals surface area contributed by atoms with Gasteiger partial charge >= 0.3 is 0 Å². The van der Waals surface area contributed by atoms with Crippen molar-refractivity contribution in [2.24, 2.45) is 0 Å². The van der Waals surface area contributed by atoms with E-state index < -0.39 is 0 Å². The lowest BCUT2D eigenvalue weighted by Crippen LogP contribution is -1.90. The molecule has 0 saturated heterocycles. The van der Waals surface area contributed by atoms with Gasteiger partial charge in [-0.2, -0.15) is 0 Å². The largest absolute Gasteiger partial charge is 0.455 e. The predicted molar refractivity (Wildman–Crippen MR) is 191 cm³/mol. The van der Waals surface area contributed by atoms with Gasteiger partial charge in [0.1, 0.15) is 11.2 Å². The highest BCUT2D eigenvalue weighted by atomic mass is 16.3. The van der Waals surface area contributed by atoms with E-state index in [0.717, 1.165) is 33.1 Å². The second-order valence-electron chi connectivity index (χ2n) is 12.0. The summed E-state index contributed by atoms with van der Waals surface area (Å²) in [6.07, 6.45) is 0. The summed E-state index contributed by atoms with van der Waals surface area (Å²) in [5.74, 6) is 0. The molecule has 0 amide bonds. The van der Waals surface area contributed by atoms with E-state index in [9.17, 15) is 0 Å². The fraction of sp³-hybridized carbons (Fsp3) is 0. The summed E-state index contributed by atoms with van der Waals surface area (Å²) in [5, 5.41) is 12.6. The van der Waals surface area contributed by atoms with E-state index in [1.165, 1.54) is 65.3 Å². The van der Waals surface area contributed by atoms with Gasteiger partial charge in [0.25, 0.3) is 0 Å². The van der Waals surface area contributed by atoms with Crippen molar-refractivity contribution in [1.29, 1.82) is 0 Å². The molecular formula is C44H26O. The summed E-state index contributed by atoms with van der Waals surface area (Å²) in [7, 11) is 0. The van der Waals surface area contributed by atoms with Gasteiger partial charge in [-0.3, -0.25) is 0 Å². The Morgan fingerprint density at radius 3 is 1.64 bits per heavy atom. The zero-order chi connectivity index (χ0) is 29.5. The highest BCUT2D eigenvalue weighted by molar-refractivity contribution is 6.29. The fourth-order valence-electron chi connectivity index (χ4n) is 7.65. The molecule has 0 aliphatic heterocycles. The van der Waals surface area contributed by atoms with E-state index in [2.05, 4.69) is 158 Å². The lowest BCUT2D eigenvalue weighted by Gasteiger charge is -2.17. The van der Waals surface area contributed by atoms with E-state index in [0.29, 0.717) is 0 Å². The van der Waals surface area contributed by atoms with Crippen LogP contribution in [-0.2, 0) is 0 Å². The summed E-state index contributed by atoms with van der Waals surface area (Å²) in [4.78, 5) is 0. The van der Waals surface area contributed by atoms with E-state index in [-0.39, 0.29) is 0 Å². The van der Waals surface area contributed by atoms with Crippen LogP contribution >= 0.6 is 0 Å². The number of hydrogen-bond donors (Lipinski definition) is 0. The molecule has 1 nitrogen and oxygen atoms in total. The van der Waals surface area contributed by atoms with Crippen LogP contribution in [0, 0.1) is 0 Å². The van der Waals surface area contributed by atoms with Gasteiger partial charge in [-0.1, -0.05) is 152 Å². The standard InChI is InChI=1S/C44H26O/c1-2-9-28(10-3-1)32-14-7-17-39-43-36(16-8-18-40(43)45-44(32)39)35-24-20-30-21-25-37-34(23-19-29-22-26-38(35)42(30)41(29)37)33-15-6-12-27-11-4-5-13-31(27)33/h1-26H. The van der Waals surface area contributed by atoms with Crippen molar-refractivity contribution >= 4 is 65.0 Å². The summed E-state index contributed by atoms with van der Waals surface area (Å²) in [6, 6.07) is 57.2. The first kappa shape index (κ1) is 24.5. The van der Waals surface area contributed by atoms with Gasteiger partial charge in [0.15, 0.2) is 0 Å². The molecule has 10 aromatic rings. The molecule has 0 bridgehead atoms. The summed E-state index contributed by atoms with van der Waals surface area (Å²) < 4.78 is 6.63. The van der Waals surface area contributed by atoms with Crippen molar-refractivity contribution in [3.63, 3.8) is 0 Å². The zero-order valence-corrected chi connectivity index (χ0v) is 24.4. The van der Waals surface area contributed by atoms with Crippen LogP contribution in [0.25, 0.3) is 98.4 Å². The molecule has 0 atom stereocenters. The lowest BCUT2D eigenvalue weighted by molar-refractivity contribution is 0.670. The quantitative estimate of drug-likeness (QED) is 0.193. The Kier molecular flexibility index (Phi) is 5.06. The van der Waals surface area contributed by atoms with Gasteiger partial charge in [0.05, 0.1) is 0 Å². The van der Waals surface area contributed by atoms with Crippen molar-refractivity contribution in [1.82, 2.24) is 0 Å². The molecule has 208 valence electrons. The third-order valence-electron chi connectivity index (χ3n) is 9.64. The van der Waals surface area contributed by atoms with Crippen molar-refractivity contribution < 1.29 is 4.42 Å². The van der Waals surface area contributed by atoms with Gasteiger partial charge in [0, 0.05) is 16.3 Å². The number of rotatable bonds is 3. The van der Waals surface area contributed by atoms with Crippen LogP contribution < -0.4 is 0 Å². The molecule has 0 unspecified atom stereocenters. The van der Waals surface area contributed by atoms with Crippen LogP contribution in [0.4, 0.5) is 0 Å². The zero-order valence-electron chi connectivity index (χ0n) is 24.4. The molecule has 1 heteroatoms. The molecule has 0 aliphatic carbocycles. The first-order valence-corrected chi connectivity index (χ1v) is 15.5. The highest BCUT2D eigenvalue weighted by Crippen LogP contribution is 2.46. The van der Waals surface area contributed by atoms with Gasteiger partial charge in [0.2, 0.25) is 0 Å². The maximum atomic E-state index is 6.63. The van der Waals surface area contributed by atoms with Gasteiger partial charge in [-0.05, 0) is 77.0 Å². The van der Waals surface area contributed by atoms with Crippen molar-refractivity contribution in [3.8, 4) is 33.4 Å². The van der Waals surface area contributed by atoms with Gasteiger partial charge in [-0.15, -0.1) is 0 Å². The fourth-order valence-corrected chi connectivity index (χ4v) is 7.65. The van der Waals surface area contributed by atoms with Crippen molar-refractivity contribution in [2.45, 2.75) is 0 Å². The smallest absolute Gasteiger partial charge is 0.143 e. The Balaban J connectivity index is 1.26.